The molecular weight excluding hydrogens is 384 g/mol. The molecule has 0 spiro atoms. The SMILES string of the molecule is C[C@@H](NCc1ccccc1CN1CCCC1)C(=O)Nc1ccc(N2CCCCC2)cc1. The second-order valence-corrected chi connectivity index (χ2v) is 8.94. The zero-order valence-corrected chi connectivity index (χ0v) is 18.8. The van der Waals surface area contributed by atoms with E-state index in [1.807, 2.05) is 19.1 Å². The van der Waals surface area contributed by atoms with Crippen LogP contribution in [-0.2, 0) is 17.9 Å². The Morgan fingerprint density at radius 2 is 1.52 bits per heavy atom. The molecule has 0 saturated carbocycles. The van der Waals surface area contributed by atoms with Gasteiger partial charge in [0.05, 0.1) is 6.04 Å². The number of carbonyl (C=O) groups is 1. The Morgan fingerprint density at radius 1 is 0.871 bits per heavy atom. The van der Waals surface area contributed by atoms with E-state index < -0.39 is 0 Å². The molecule has 31 heavy (non-hydrogen) atoms. The fourth-order valence-corrected chi connectivity index (χ4v) is 4.58. The lowest BCUT2D eigenvalue weighted by Gasteiger charge is -2.28. The Balaban J connectivity index is 1.28. The molecule has 2 aliphatic heterocycles. The summed E-state index contributed by atoms with van der Waals surface area (Å²) < 4.78 is 0. The van der Waals surface area contributed by atoms with Crippen molar-refractivity contribution in [1.29, 1.82) is 0 Å². The lowest BCUT2D eigenvalue weighted by Crippen LogP contribution is -2.38. The second kappa shape index (κ2) is 10.8. The van der Waals surface area contributed by atoms with E-state index in [0.717, 1.165) is 25.3 Å². The van der Waals surface area contributed by atoms with Crippen LogP contribution in [0.25, 0.3) is 0 Å². The first-order valence-electron chi connectivity index (χ1n) is 11.9. The summed E-state index contributed by atoms with van der Waals surface area (Å²) in [5, 5.41) is 6.46. The van der Waals surface area contributed by atoms with Crippen LogP contribution in [0.1, 0.15) is 50.2 Å². The summed E-state index contributed by atoms with van der Waals surface area (Å²) in [6.07, 6.45) is 6.47. The summed E-state index contributed by atoms with van der Waals surface area (Å²) in [6.45, 7) is 8.28. The van der Waals surface area contributed by atoms with Crippen LogP contribution < -0.4 is 15.5 Å². The highest BCUT2D eigenvalue weighted by molar-refractivity contribution is 5.94. The number of carbonyl (C=O) groups excluding carboxylic acids is 1. The molecule has 0 bridgehead atoms. The smallest absolute Gasteiger partial charge is 0.241 e. The molecule has 1 amide bonds. The van der Waals surface area contributed by atoms with E-state index in [1.54, 1.807) is 0 Å². The van der Waals surface area contributed by atoms with Gasteiger partial charge in [-0.15, -0.1) is 0 Å². The molecule has 2 fully saturated rings. The maximum atomic E-state index is 12.7. The lowest BCUT2D eigenvalue weighted by molar-refractivity contribution is -0.117. The largest absolute Gasteiger partial charge is 0.372 e. The quantitative estimate of drug-likeness (QED) is 0.665. The van der Waals surface area contributed by atoms with Gasteiger partial charge in [-0.25, -0.2) is 0 Å². The Labute approximate surface area is 186 Å². The minimum atomic E-state index is -0.262. The van der Waals surface area contributed by atoms with E-state index in [0.29, 0.717) is 6.54 Å². The van der Waals surface area contributed by atoms with E-state index >= 15 is 0 Å². The molecule has 0 unspecified atom stereocenters. The predicted octanol–water partition coefficient (Wildman–Crippen LogP) is 4.39. The van der Waals surface area contributed by atoms with Gasteiger partial charge in [-0.05, 0) is 87.5 Å². The average Bonchev–Trinajstić information content (AvgIpc) is 3.32. The summed E-state index contributed by atoms with van der Waals surface area (Å²) in [6, 6.07) is 16.6. The molecule has 2 saturated heterocycles. The van der Waals surface area contributed by atoms with Crippen LogP contribution in [0.15, 0.2) is 48.5 Å². The number of amides is 1. The Bertz CT molecular complexity index is 839. The zero-order chi connectivity index (χ0) is 21.5. The van der Waals surface area contributed by atoms with Crippen molar-refractivity contribution in [2.45, 2.75) is 58.2 Å². The van der Waals surface area contributed by atoms with Crippen LogP contribution in [-0.4, -0.2) is 43.0 Å². The molecule has 166 valence electrons. The molecule has 1 atom stereocenters. The van der Waals surface area contributed by atoms with Crippen molar-refractivity contribution >= 4 is 17.3 Å². The molecule has 2 aliphatic rings. The van der Waals surface area contributed by atoms with Gasteiger partial charge >= 0.3 is 0 Å². The van der Waals surface area contributed by atoms with Crippen molar-refractivity contribution in [2.75, 3.05) is 36.4 Å². The molecule has 5 heteroatoms. The number of nitrogens with zero attached hydrogens (tertiary/aromatic N) is 2. The minimum absolute atomic E-state index is 0.00254. The summed E-state index contributed by atoms with van der Waals surface area (Å²) in [5.41, 5.74) is 4.74. The van der Waals surface area contributed by atoms with Gasteiger partial charge in [0.2, 0.25) is 5.91 Å². The molecule has 0 aromatic heterocycles. The number of likely N-dealkylation sites (tertiary alicyclic amines) is 1. The first-order valence-corrected chi connectivity index (χ1v) is 11.9. The molecular formula is C26H36N4O. The van der Waals surface area contributed by atoms with Gasteiger partial charge in [-0.1, -0.05) is 24.3 Å². The molecule has 2 heterocycles. The monoisotopic (exact) mass is 420 g/mol. The van der Waals surface area contributed by atoms with E-state index in [1.165, 1.54) is 62.0 Å². The Kier molecular flexibility index (Phi) is 7.60. The fraction of sp³-hybridized carbons (Fsp3) is 0.500. The van der Waals surface area contributed by atoms with Crippen LogP contribution in [0.4, 0.5) is 11.4 Å². The first kappa shape index (κ1) is 21.8. The Morgan fingerprint density at radius 3 is 2.23 bits per heavy atom. The molecule has 2 N–H and O–H groups in total. The highest BCUT2D eigenvalue weighted by Gasteiger charge is 2.16. The number of piperidine rings is 1. The number of hydrogen-bond acceptors (Lipinski definition) is 4. The number of anilines is 2. The third kappa shape index (κ3) is 6.08. The molecule has 2 aromatic carbocycles. The third-order valence-corrected chi connectivity index (χ3v) is 6.56. The highest BCUT2D eigenvalue weighted by atomic mass is 16.2. The van der Waals surface area contributed by atoms with Gasteiger partial charge < -0.3 is 15.5 Å². The van der Waals surface area contributed by atoms with Gasteiger partial charge in [-0.2, -0.15) is 0 Å². The number of rotatable bonds is 8. The average molecular weight is 421 g/mol. The van der Waals surface area contributed by atoms with Crippen LogP contribution in [0.3, 0.4) is 0 Å². The minimum Gasteiger partial charge on any atom is -0.372 e. The first-order chi connectivity index (χ1) is 15.2. The van der Waals surface area contributed by atoms with E-state index in [9.17, 15) is 4.79 Å². The van der Waals surface area contributed by atoms with Crippen molar-refractivity contribution in [2.24, 2.45) is 0 Å². The van der Waals surface area contributed by atoms with Gasteiger partial charge in [0.15, 0.2) is 0 Å². The molecule has 2 aromatic rings. The van der Waals surface area contributed by atoms with Crippen molar-refractivity contribution in [1.82, 2.24) is 10.2 Å². The second-order valence-electron chi connectivity index (χ2n) is 8.94. The predicted molar refractivity (Wildman–Crippen MR) is 128 cm³/mol. The van der Waals surface area contributed by atoms with Gasteiger partial charge in [-0.3, -0.25) is 9.69 Å². The maximum absolute atomic E-state index is 12.7. The van der Waals surface area contributed by atoms with Gasteiger partial charge in [0.25, 0.3) is 0 Å². The third-order valence-electron chi connectivity index (χ3n) is 6.56. The van der Waals surface area contributed by atoms with Crippen LogP contribution in [0, 0.1) is 0 Å². The van der Waals surface area contributed by atoms with E-state index in [-0.39, 0.29) is 11.9 Å². The van der Waals surface area contributed by atoms with Crippen molar-refractivity contribution in [3.8, 4) is 0 Å². The fourth-order valence-electron chi connectivity index (χ4n) is 4.58. The highest BCUT2D eigenvalue weighted by Crippen LogP contribution is 2.22. The van der Waals surface area contributed by atoms with Crippen LogP contribution in [0.5, 0.6) is 0 Å². The Hall–Kier alpha value is -2.37. The number of benzene rings is 2. The van der Waals surface area contributed by atoms with Crippen molar-refractivity contribution in [3.63, 3.8) is 0 Å². The normalized spacial score (nSPS) is 18.2. The summed E-state index contributed by atoms with van der Waals surface area (Å²) in [4.78, 5) is 17.6. The molecule has 0 aliphatic carbocycles. The van der Waals surface area contributed by atoms with Crippen LogP contribution in [0.2, 0.25) is 0 Å². The van der Waals surface area contributed by atoms with E-state index in [4.69, 9.17) is 0 Å². The van der Waals surface area contributed by atoms with Gasteiger partial charge in [0.1, 0.15) is 0 Å². The molecule has 5 nitrogen and oxygen atoms in total. The standard InChI is InChI=1S/C26H36N4O/c1-21(27-19-22-9-3-4-10-23(22)20-29-15-7-8-16-29)26(31)28-24-11-13-25(14-12-24)30-17-5-2-6-18-30/h3-4,9-14,21,27H,2,5-8,15-20H2,1H3,(H,28,31)/t21-/m1/s1. The number of hydrogen-bond donors (Lipinski definition) is 2. The maximum Gasteiger partial charge on any atom is 0.241 e. The lowest BCUT2D eigenvalue weighted by atomic mass is 10.1. The van der Waals surface area contributed by atoms with Crippen molar-refractivity contribution < 1.29 is 4.79 Å². The molecule has 4 rings (SSSR count). The molecule has 0 radical (unpaired) electrons. The van der Waals surface area contributed by atoms with Crippen LogP contribution >= 0.6 is 0 Å². The van der Waals surface area contributed by atoms with E-state index in [2.05, 4.69) is 56.8 Å². The summed E-state index contributed by atoms with van der Waals surface area (Å²) in [7, 11) is 0. The summed E-state index contributed by atoms with van der Waals surface area (Å²) in [5.74, 6) is 0.00254. The van der Waals surface area contributed by atoms with Gasteiger partial charge in [0, 0.05) is 37.6 Å². The summed E-state index contributed by atoms with van der Waals surface area (Å²) >= 11 is 0. The number of nitrogens with one attached hydrogen (secondary N) is 2. The van der Waals surface area contributed by atoms with Crippen molar-refractivity contribution in [3.05, 3.63) is 59.7 Å². The zero-order valence-electron chi connectivity index (χ0n) is 18.8. The topological polar surface area (TPSA) is 47.6 Å².